The molecule has 0 fully saturated rings. The average molecular weight is 288 g/mol. The van der Waals surface area contributed by atoms with E-state index in [-0.39, 0.29) is 0 Å². The van der Waals surface area contributed by atoms with Crippen LogP contribution in [0.1, 0.15) is 49.4 Å². The van der Waals surface area contributed by atoms with E-state index in [1.165, 1.54) is 0 Å². The summed E-state index contributed by atoms with van der Waals surface area (Å²) in [5.74, 6) is 0.743. The monoisotopic (exact) mass is 288 g/mol. The first kappa shape index (κ1) is 15.6. The van der Waals surface area contributed by atoms with Gasteiger partial charge >= 0.3 is 0 Å². The molecule has 0 spiro atoms. The van der Waals surface area contributed by atoms with Gasteiger partial charge in [-0.2, -0.15) is 5.10 Å². The number of hydrogen-bond acceptors (Lipinski definition) is 3. The summed E-state index contributed by atoms with van der Waals surface area (Å²) in [5.41, 5.74) is 4.08. The van der Waals surface area contributed by atoms with E-state index in [0.29, 0.717) is 6.61 Å². The zero-order chi connectivity index (χ0) is 15.4. The molecular formula is C17H24N2O2. The summed E-state index contributed by atoms with van der Waals surface area (Å²) in [4.78, 5) is 0. The van der Waals surface area contributed by atoms with Crippen molar-refractivity contribution < 1.29 is 9.84 Å². The van der Waals surface area contributed by atoms with E-state index in [9.17, 15) is 5.11 Å². The Kier molecular flexibility index (Phi) is 5.02. The van der Waals surface area contributed by atoms with Crippen LogP contribution in [0, 0.1) is 6.92 Å². The fourth-order valence-electron chi connectivity index (χ4n) is 2.34. The summed E-state index contributed by atoms with van der Waals surface area (Å²) in [6.45, 7) is 9.23. The number of aliphatic hydroxyl groups excluding tert-OH is 1. The lowest BCUT2D eigenvalue weighted by molar-refractivity contribution is 0.189. The van der Waals surface area contributed by atoms with Crippen molar-refractivity contribution in [2.45, 2.75) is 53.4 Å². The molecule has 0 saturated heterocycles. The van der Waals surface area contributed by atoms with Crippen LogP contribution in [0.3, 0.4) is 0 Å². The molecule has 0 bridgehead atoms. The first-order valence-corrected chi connectivity index (χ1v) is 7.52. The Labute approximate surface area is 126 Å². The Hall–Kier alpha value is -1.81. The molecule has 0 saturated carbocycles. The molecule has 0 radical (unpaired) electrons. The topological polar surface area (TPSA) is 47.3 Å². The number of aryl methyl sites for hydroxylation is 3. The van der Waals surface area contributed by atoms with E-state index in [2.05, 4.69) is 25.0 Å². The molecule has 2 aromatic rings. The lowest BCUT2D eigenvalue weighted by atomic mass is 10.1. The van der Waals surface area contributed by atoms with E-state index in [1.807, 2.05) is 29.8 Å². The van der Waals surface area contributed by atoms with Gasteiger partial charge in [0.15, 0.2) is 0 Å². The molecule has 1 atom stereocenters. The molecule has 1 aromatic heterocycles. The molecule has 21 heavy (non-hydrogen) atoms. The minimum absolute atomic E-state index is 0.462. The summed E-state index contributed by atoms with van der Waals surface area (Å²) in [6.07, 6.45) is 0.381. The van der Waals surface area contributed by atoms with Crippen LogP contribution in [-0.4, -0.2) is 14.9 Å². The SMILES string of the molecule is CCc1cc(COc2cc(C)ccc2C(C)O)n(CC)n1. The van der Waals surface area contributed by atoms with Gasteiger partial charge in [-0.25, -0.2) is 0 Å². The lowest BCUT2D eigenvalue weighted by Crippen LogP contribution is -2.07. The maximum absolute atomic E-state index is 9.84. The second-order valence-corrected chi connectivity index (χ2v) is 5.30. The largest absolute Gasteiger partial charge is 0.487 e. The summed E-state index contributed by atoms with van der Waals surface area (Å²) in [6, 6.07) is 7.96. The van der Waals surface area contributed by atoms with Crippen molar-refractivity contribution >= 4 is 0 Å². The van der Waals surface area contributed by atoms with Gasteiger partial charge in [-0.15, -0.1) is 0 Å². The van der Waals surface area contributed by atoms with E-state index in [4.69, 9.17) is 4.74 Å². The third kappa shape index (κ3) is 3.64. The molecule has 1 aromatic carbocycles. The van der Waals surface area contributed by atoms with Crippen LogP contribution in [-0.2, 0) is 19.6 Å². The van der Waals surface area contributed by atoms with Crippen LogP contribution >= 0.6 is 0 Å². The third-order valence-electron chi connectivity index (χ3n) is 3.57. The number of aromatic nitrogens is 2. The van der Waals surface area contributed by atoms with Crippen LogP contribution < -0.4 is 4.74 Å². The Bertz CT molecular complexity index is 603. The summed E-state index contributed by atoms with van der Waals surface area (Å²) < 4.78 is 7.91. The average Bonchev–Trinajstić information content (AvgIpc) is 2.87. The normalized spacial score (nSPS) is 12.4. The number of ether oxygens (including phenoxy) is 1. The van der Waals surface area contributed by atoms with Crippen molar-refractivity contribution in [2.24, 2.45) is 0 Å². The minimum Gasteiger partial charge on any atom is -0.487 e. The second-order valence-electron chi connectivity index (χ2n) is 5.30. The van der Waals surface area contributed by atoms with Crippen molar-refractivity contribution in [3.8, 4) is 5.75 Å². The molecule has 1 unspecified atom stereocenters. The van der Waals surface area contributed by atoms with Gasteiger partial charge in [-0.1, -0.05) is 19.1 Å². The molecule has 1 heterocycles. The molecule has 114 valence electrons. The summed E-state index contributed by atoms with van der Waals surface area (Å²) in [5, 5.41) is 14.4. The lowest BCUT2D eigenvalue weighted by Gasteiger charge is -2.14. The maximum atomic E-state index is 9.84. The molecule has 2 rings (SSSR count). The van der Waals surface area contributed by atoms with Crippen LogP contribution in [0.2, 0.25) is 0 Å². The highest BCUT2D eigenvalue weighted by Crippen LogP contribution is 2.27. The van der Waals surface area contributed by atoms with Gasteiger partial charge in [-0.05, 0) is 44.9 Å². The first-order valence-electron chi connectivity index (χ1n) is 7.52. The zero-order valence-corrected chi connectivity index (χ0v) is 13.3. The van der Waals surface area contributed by atoms with Crippen molar-refractivity contribution in [1.82, 2.24) is 9.78 Å². The third-order valence-corrected chi connectivity index (χ3v) is 3.57. The maximum Gasteiger partial charge on any atom is 0.130 e. The fourth-order valence-corrected chi connectivity index (χ4v) is 2.34. The molecular weight excluding hydrogens is 264 g/mol. The predicted molar refractivity (Wildman–Crippen MR) is 83.4 cm³/mol. The van der Waals surface area contributed by atoms with Gasteiger partial charge in [0.1, 0.15) is 12.4 Å². The Morgan fingerprint density at radius 2 is 2.05 bits per heavy atom. The molecule has 4 nitrogen and oxygen atoms in total. The zero-order valence-electron chi connectivity index (χ0n) is 13.3. The van der Waals surface area contributed by atoms with Crippen molar-refractivity contribution in [3.63, 3.8) is 0 Å². The van der Waals surface area contributed by atoms with Gasteiger partial charge in [0.05, 0.1) is 17.5 Å². The van der Waals surface area contributed by atoms with E-state index < -0.39 is 6.10 Å². The Morgan fingerprint density at radius 1 is 1.29 bits per heavy atom. The number of hydrogen-bond donors (Lipinski definition) is 1. The van der Waals surface area contributed by atoms with Gasteiger partial charge in [0.25, 0.3) is 0 Å². The van der Waals surface area contributed by atoms with Crippen LogP contribution in [0.5, 0.6) is 5.75 Å². The minimum atomic E-state index is -0.539. The van der Waals surface area contributed by atoms with E-state index in [0.717, 1.165) is 41.2 Å². The highest BCUT2D eigenvalue weighted by atomic mass is 16.5. The highest BCUT2D eigenvalue weighted by Gasteiger charge is 2.11. The van der Waals surface area contributed by atoms with Gasteiger partial charge in [-0.3, -0.25) is 4.68 Å². The van der Waals surface area contributed by atoms with Crippen LogP contribution in [0.15, 0.2) is 24.3 Å². The molecule has 4 heteroatoms. The first-order chi connectivity index (χ1) is 10.0. The summed E-state index contributed by atoms with van der Waals surface area (Å²) >= 11 is 0. The molecule has 0 amide bonds. The van der Waals surface area contributed by atoms with E-state index in [1.54, 1.807) is 6.92 Å². The van der Waals surface area contributed by atoms with Crippen molar-refractivity contribution in [2.75, 3.05) is 0 Å². The highest BCUT2D eigenvalue weighted by molar-refractivity contribution is 5.38. The van der Waals surface area contributed by atoms with Crippen molar-refractivity contribution in [1.29, 1.82) is 0 Å². The Morgan fingerprint density at radius 3 is 2.67 bits per heavy atom. The Balaban J connectivity index is 2.19. The second kappa shape index (κ2) is 6.76. The smallest absolute Gasteiger partial charge is 0.130 e. The predicted octanol–water partition coefficient (Wildman–Crippen LogP) is 3.41. The molecule has 1 N–H and O–H groups in total. The summed E-state index contributed by atoms with van der Waals surface area (Å²) in [7, 11) is 0. The number of benzene rings is 1. The standard InChI is InChI=1S/C17H24N2O2/c1-5-14-10-15(19(6-2)18-14)11-21-17-9-12(3)7-8-16(17)13(4)20/h7-10,13,20H,5-6,11H2,1-4H3. The number of rotatable bonds is 6. The molecule has 0 aliphatic carbocycles. The van der Waals surface area contributed by atoms with Gasteiger partial charge < -0.3 is 9.84 Å². The van der Waals surface area contributed by atoms with Crippen molar-refractivity contribution in [3.05, 3.63) is 46.8 Å². The molecule has 0 aliphatic heterocycles. The van der Waals surface area contributed by atoms with Gasteiger partial charge in [0, 0.05) is 12.1 Å². The molecule has 0 aliphatic rings. The van der Waals surface area contributed by atoms with Crippen LogP contribution in [0.25, 0.3) is 0 Å². The quantitative estimate of drug-likeness (QED) is 0.886. The van der Waals surface area contributed by atoms with E-state index >= 15 is 0 Å². The number of aliphatic hydroxyl groups is 1. The van der Waals surface area contributed by atoms with Gasteiger partial charge in [0.2, 0.25) is 0 Å². The fraction of sp³-hybridized carbons (Fsp3) is 0.471. The van der Waals surface area contributed by atoms with Crippen LogP contribution in [0.4, 0.5) is 0 Å². The number of nitrogens with zero attached hydrogens (tertiary/aromatic N) is 2.